The number of aromatic nitrogens is 1. The second kappa shape index (κ2) is 6.70. The van der Waals surface area contributed by atoms with Crippen LogP contribution in [-0.4, -0.2) is 45.8 Å². The van der Waals surface area contributed by atoms with Crippen LogP contribution in [0.5, 0.6) is 0 Å². The van der Waals surface area contributed by atoms with Crippen LogP contribution in [0.15, 0.2) is 42.2 Å². The third-order valence-corrected chi connectivity index (χ3v) is 5.90. The van der Waals surface area contributed by atoms with Crippen molar-refractivity contribution in [3.63, 3.8) is 0 Å². The highest BCUT2D eigenvalue weighted by atomic mass is 15.2. The van der Waals surface area contributed by atoms with Gasteiger partial charge in [0.15, 0.2) is 11.8 Å². The summed E-state index contributed by atoms with van der Waals surface area (Å²) < 4.78 is 2.53. The van der Waals surface area contributed by atoms with Gasteiger partial charge in [0, 0.05) is 62.2 Å². The first kappa shape index (κ1) is 16.4. The van der Waals surface area contributed by atoms with Gasteiger partial charge >= 0.3 is 0 Å². The minimum atomic E-state index is 0.188. The van der Waals surface area contributed by atoms with E-state index in [-0.39, 0.29) is 5.54 Å². The highest BCUT2D eigenvalue weighted by molar-refractivity contribution is 5.83. The van der Waals surface area contributed by atoms with E-state index >= 15 is 0 Å². The molecule has 0 unspecified atom stereocenters. The van der Waals surface area contributed by atoms with E-state index in [1.807, 2.05) is 0 Å². The number of nitrogens with zero attached hydrogens (tertiary/aromatic N) is 2. The predicted molar refractivity (Wildman–Crippen MR) is 105 cm³/mol. The Labute approximate surface area is 151 Å². The molecule has 0 aliphatic carbocycles. The van der Waals surface area contributed by atoms with Gasteiger partial charge in [-0.15, -0.1) is 0 Å². The van der Waals surface area contributed by atoms with E-state index in [1.54, 1.807) is 0 Å². The Kier molecular flexibility index (Phi) is 4.41. The molecule has 2 aromatic rings. The van der Waals surface area contributed by atoms with Gasteiger partial charge in [0.05, 0.1) is 6.42 Å². The monoisotopic (exact) mass is 336 g/mol. The summed E-state index contributed by atoms with van der Waals surface area (Å²) in [5, 5.41) is 1.36. The van der Waals surface area contributed by atoms with Gasteiger partial charge in [-0.3, -0.25) is 0 Å². The lowest BCUT2D eigenvalue weighted by molar-refractivity contribution is -0.597. The molecular formula is C22H30N3+. The lowest BCUT2D eigenvalue weighted by Crippen LogP contribution is -2.44. The number of H-pyrrole nitrogens is 1. The van der Waals surface area contributed by atoms with Crippen LogP contribution in [0.4, 0.5) is 0 Å². The van der Waals surface area contributed by atoms with Crippen molar-refractivity contribution in [2.24, 2.45) is 0 Å². The molecule has 2 aliphatic heterocycles. The Bertz CT molecular complexity index is 804. The van der Waals surface area contributed by atoms with Gasteiger partial charge in [0.2, 0.25) is 0 Å². The molecule has 3 heterocycles. The summed E-state index contributed by atoms with van der Waals surface area (Å²) >= 11 is 0. The molecule has 1 aromatic heterocycles. The zero-order valence-electron chi connectivity index (χ0n) is 15.6. The highest BCUT2D eigenvalue weighted by Gasteiger charge is 2.35. The van der Waals surface area contributed by atoms with Gasteiger partial charge in [-0.2, -0.15) is 0 Å². The summed E-state index contributed by atoms with van der Waals surface area (Å²) in [5.41, 5.74) is 4.39. The van der Waals surface area contributed by atoms with E-state index < -0.39 is 0 Å². The fraction of sp³-hybridized carbons (Fsp3) is 0.500. The van der Waals surface area contributed by atoms with Crippen molar-refractivity contribution >= 4 is 17.1 Å². The SMILES string of the molecule is CC1(C)CC(N2CCCCC2)=CC=[N+]1CCc1c[nH]c2ccccc12. The lowest BCUT2D eigenvalue weighted by atomic mass is 9.92. The Morgan fingerprint density at radius 2 is 1.92 bits per heavy atom. The molecule has 0 spiro atoms. The molecule has 3 nitrogen and oxygen atoms in total. The summed E-state index contributed by atoms with van der Waals surface area (Å²) in [7, 11) is 0. The van der Waals surface area contributed by atoms with Gasteiger partial charge in [0.1, 0.15) is 6.54 Å². The minimum Gasteiger partial charge on any atom is -0.374 e. The maximum atomic E-state index is 3.40. The molecule has 1 saturated heterocycles. The maximum absolute atomic E-state index is 3.40. The van der Waals surface area contributed by atoms with E-state index in [2.05, 4.69) is 71.1 Å². The molecule has 1 aromatic carbocycles. The summed E-state index contributed by atoms with van der Waals surface area (Å²) in [6.45, 7) is 8.32. The second-order valence-corrected chi connectivity index (χ2v) is 8.15. The van der Waals surface area contributed by atoms with Crippen LogP contribution in [0.3, 0.4) is 0 Å². The Morgan fingerprint density at radius 1 is 1.12 bits per heavy atom. The van der Waals surface area contributed by atoms with Crippen molar-refractivity contribution in [2.75, 3.05) is 19.6 Å². The first-order chi connectivity index (χ1) is 12.1. The molecule has 0 bridgehead atoms. The first-order valence-electron chi connectivity index (χ1n) is 9.74. The zero-order valence-corrected chi connectivity index (χ0v) is 15.6. The number of rotatable bonds is 4. The smallest absolute Gasteiger partial charge is 0.165 e. The fourth-order valence-electron chi connectivity index (χ4n) is 4.34. The number of aromatic amines is 1. The van der Waals surface area contributed by atoms with Crippen LogP contribution in [0.1, 0.15) is 45.1 Å². The average Bonchev–Trinajstić information content (AvgIpc) is 3.04. The third kappa shape index (κ3) is 3.37. The van der Waals surface area contributed by atoms with Crippen molar-refractivity contribution in [3.05, 3.63) is 47.8 Å². The summed E-state index contributed by atoms with van der Waals surface area (Å²) in [6, 6.07) is 8.60. The van der Waals surface area contributed by atoms with E-state index in [0.717, 1.165) is 19.4 Å². The van der Waals surface area contributed by atoms with Crippen LogP contribution in [0.2, 0.25) is 0 Å². The number of hydrogen-bond acceptors (Lipinski definition) is 1. The number of likely N-dealkylation sites (tertiary alicyclic amines) is 1. The quantitative estimate of drug-likeness (QED) is 0.824. The van der Waals surface area contributed by atoms with Crippen LogP contribution < -0.4 is 0 Å². The van der Waals surface area contributed by atoms with Crippen molar-refractivity contribution in [1.29, 1.82) is 0 Å². The van der Waals surface area contributed by atoms with Crippen molar-refractivity contribution in [1.82, 2.24) is 9.88 Å². The van der Waals surface area contributed by atoms with Crippen LogP contribution in [0, 0.1) is 0 Å². The molecule has 3 heteroatoms. The van der Waals surface area contributed by atoms with Gasteiger partial charge < -0.3 is 9.88 Å². The first-order valence-corrected chi connectivity index (χ1v) is 9.74. The number of fused-ring (bicyclic) bond motifs is 1. The molecule has 0 atom stereocenters. The zero-order chi connectivity index (χ0) is 17.3. The predicted octanol–water partition coefficient (Wildman–Crippen LogP) is 4.35. The molecule has 4 rings (SSSR count). The molecular weight excluding hydrogens is 306 g/mol. The van der Waals surface area contributed by atoms with Crippen molar-refractivity contribution in [2.45, 2.75) is 51.5 Å². The molecule has 25 heavy (non-hydrogen) atoms. The normalized spacial score (nSPS) is 20.5. The maximum Gasteiger partial charge on any atom is 0.165 e. The summed E-state index contributed by atoms with van der Waals surface area (Å²) in [6.07, 6.45) is 13.2. The largest absolute Gasteiger partial charge is 0.374 e. The molecule has 2 aliphatic rings. The van der Waals surface area contributed by atoms with Crippen LogP contribution in [-0.2, 0) is 6.42 Å². The van der Waals surface area contributed by atoms with Crippen molar-refractivity contribution < 1.29 is 4.58 Å². The molecule has 1 N–H and O–H groups in total. The Hall–Kier alpha value is -2.03. The summed E-state index contributed by atoms with van der Waals surface area (Å²) in [5.74, 6) is 0. The van der Waals surface area contributed by atoms with Crippen molar-refractivity contribution in [3.8, 4) is 0 Å². The van der Waals surface area contributed by atoms with E-state index in [0.29, 0.717) is 0 Å². The van der Waals surface area contributed by atoms with Gasteiger partial charge in [-0.25, -0.2) is 4.58 Å². The topological polar surface area (TPSA) is 22.0 Å². The lowest BCUT2D eigenvalue weighted by Gasteiger charge is -2.36. The fourth-order valence-corrected chi connectivity index (χ4v) is 4.34. The number of nitrogens with one attached hydrogen (secondary N) is 1. The second-order valence-electron chi connectivity index (χ2n) is 8.15. The van der Waals surface area contributed by atoms with E-state index in [4.69, 9.17) is 0 Å². The molecule has 0 amide bonds. The minimum absolute atomic E-state index is 0.188. The Morgan fingerprint density at radius 3 is 2.72 bits per heavy atom. The van der Waals surface area contributed by atoms with E-state index in [9.17, 15) is 0 Å². The summed E-state index contributed by atoms with van der Waals surface area (Å²) in [4.78, 5) is 6.01. The van der Waals surface area contributed by atoms with Gasteiger partial charge in [-0.05, 0) is 30.9 Å². The average molecular weight is 337 g/mol. The number of para-hydroxylation sites is 1. The van der Waals surface area contributed by atoms with Crippen LogP contribution in [0.25, 0.3) is 10.9 Å². The molecule has 0 saturated carbocycles. The Balaban J connectivity index is 1.49. The highest BCUT2D eigenvalue weighted by Crippen LogP contribution is 2.28. The molecule has 132 valence electrons. The third-order valence-electron chi connectivity index (χ3n) is 5.90. The molecule has 1 fully saturated rings. The number of piperidine rings is 1. The standard InChI is InChI=1S/C22H30N3/c1-22(2)16-19(24-12-6-3-7-13-24)11-15-25(22)14-10-18-17-23-21-9-5-4-8-20(18)21/h4-5,8-9,11,15,17,23H,3,6-7,10,12-14,16H2,1-2H3/q+1. The van der Waals surface area contributed by atoms with E-state index in [1.165, 1.54) is 54.5 Å². The van der Waals surface area contributed by atoms with Crippen LogP contribution >= 0.6 is 0 Å². The molecule has 0 radical (unpaired) electrons. The number of hydrogen-bond donors (Lipinski definition) is 1. The van der Waals surface area contributed by atoms with Gasteiger partial charge in [-0.1, -0.05) is 18.2 Å². The number of allylic oxidation sites excluding steroid dienone is 1. The van der Waals surface area contributed by atoms with Gasteiger partial charge in [0.25, 0.3) is 0 Å². The number of benzene rings is 1.